The van der Waals surface area contributed by atoms with E-state index >= 15 is 0 Å². The summed E-state index contributed by atoms with van der Waals surface area (Å²) in [4.78, 5) is 12.4. The van der Waals surface area contributed by atoms with Gasteiger partial charge in [0.25, 0.3) is 0 Å². The van der Waals surface area contributed by atoms with Gasteiger partial charge in [-0.15, -0.1) is 13.2 Å². The normalized spacial score (nSPS) is 11.6. The lowest BCUT2D eigenvalue weighted by atomic mass is 10.1. The summed E-state index contributed by atoms with van der Waals surface area (Å²) in [5, 5.41) is 7.28. The van der Waals surface area contributed by atoms with E-state index in [0.717, 1.165) is 16.5 Å². The molecule has 0 saturated heterocycles. The number of nitrogens with one attached hydrogen (secondary N) is 2. The first-order valence-electron chi connectivity index (χ1n) is 11.9. The average Bonchev–Trinajstić information content (AvgIpc) is 3.22. The number of benzene rings is 2. The lowest BCUT2D eigenvalue weighted by Crippen LogP contribution is -2.28. The molecule has 2 aromatic heterocycles. The summed E-state index contributed by atoms with van der Waals surface area (Å²) < 4.78 is 51.6. The van der Waals surface area contributed by atoms with Crippen LogP contribution in [0.15, 0.2) is 53.9 Å². The van der Waals surface area contributed by atoms with Gasteiger partial charge in [0.2, 0.25) is 5.95 Å². The summed E-state index contributed by atoms with van der Waals surface area (Å²) in [6.07, 6.45) is -1.53. The fraction of sp³-hybridized carbons (Fsp3) is 0.308. The van der Waals surface area contributed by atoms with E-state index in [1.165, 1.54) is 18.3 Å². The molecular formula is C26H29F3N8O2. The van der Waals surface area contributed by atoms with Gasteiger partial charge < -0.3 is 29.2 Å². The second kappa shape index (κ2) is 11.2. The van der Waals surface area contributed by atoms with Gasteiger partial charge >= 0.3 is 6.36 Å². The molecule has 206 valence electrons. The van der Waals surface area contributed by atoms with E-state index < -0.39 is 12.1 Å². The van der Waals surface area contributed by atoms with Crippen molar-refractivity contribution in [3.05, 3.63) is 48.8 Å². The number of rotatable bonds is 10. The molecule has 0 fully saturated rings. The molecule has 4 rings (SSSR count). The van der Waals surface area contributed by atoms with Crippen LogP contribution in [0.5, 0.6) is 11.5 Å². The third-order valence-corrected chi connectivity index (χ3v) is 6.09. The van der Waals surface area contributed by atoms with Gasteiger partial charge in [0.15, 0.2) is 5.75 Å². The molecule has 0 atom stereocenters. The summed E-state index contributed by atoms with van der Waals surface area (Å²) in [6, 6.07) is 9.90. The highest BCUT2D eigenvalue weighted by Crippen LogP contribution is 2.41. The quantitative estimate of drug-likeness (QED) is 0.239. The minimum absolute atomic E-state index is 0.0506. The molecule has 0 aliphatic rings. The maximum Gasteiger partial charge on any atom is 0.573 e. The van der Waals surface area contributed by atoms with Crippen LogP contribution in [0.3, 0.4) is 0 Å². The van der Waals surface area contributed by atoms with Gasteiger partial charge in [0.05, 0.1) is 29.7 Å². The third kappa shape index (κ3) is 6.37. The minimum atomic E-state index is -4.94. The largest absolute Gasteiger partial charge is 0.573 e. The molecule has 2 heterocycles. The maximum atomic E-state index is 13.3. The van der Waals surface area contributed by atoms with E-state index in [9.17, 15) is 13.2 Å². The first-order valence-corrected chi connectivity index (χ1v) is 11.9. The Morgan fingerprint density at radius 1 is 1.10 bits per heavy atom. The SMILES string of the molecule is COc1ccc2c(-c3ccnc(Nc4cc(N=N)c(N(C)CCN(C)C)cc4OC(F)(F)F)n3)cn(C)c2c1. The highest BCUT2D eigenvalue weighted by Gasteiger charge is 2.33. The number of hydrogen-bond donors (Lipinski definition) is 2. The van der Waals surface area contributed by atoms with E-state index in [1.54, 1.807) is 25.1 Å². The van der Waals surface area contributed by atoms with Gasteiger partial charge in [-0.05, 0) is 38.4 Å². The predicted molar refractivity (Wildman–Crippen MR) is 144 cm³/mol. The minimum Gasteiger partial charge on any atom is -0.497 e. The third-order valence-electron chi connectivity index (χ3n) is 6.09. The monoisotopic (exact) mass is 542 g/mol. The molecule has 13 heteroatoms. The summed E-state index contributed by atoms with van der Waals surface area (Å²) in [6.45, 7) is 1.14. The second-order valence-electron chi connectivity index (χ2n) is 9.15. The number of halogens is 3. The van der Waals surface area contributed by atoms with Gasteiger partial charge in [-0.1, -0.05) is 0 Å². The van der Waals surface area contributed by atoms with E-state index in [4.69, 9.17) is 10.3 Å². The van der Waals surface area contributed by atoms with E-state index in [0.29, 0.717) is 30.2 Å². The number of aromatic nitrogens is 3. The number of alkyl halides is 3. The Morgan fingerprint density at radius 3 is 2.54 bits per heavy atom. The number of hydrogen-bond acceptors (Lipinski definition) is 9. The summed E-state index contributed by atoms with van der Waals surface area (Å²) in [5.74, 6) is 0.270. The van der Waals surface area contributed by atoms with Crippen LogP contribution in [0.2, 0.25) is 0 Å². The van der Waals surface area contributed by atoms with Crippen LogP contribution in [0.1, 0.15) is 0 Å². The predicted octanol–water partition coefficient (Wildman–Crippen LogP) is 5.95. The van der Waals surface area contributed by atoms with Gasteiger partial charge in [-0.3, -0.25) is 0 Å². The number of methoxy groups -OCH3 is 1. The maximum absolute atomic E-state index is 13.3. The summed E-state index contributed by atoms with van der Waals surface area (Å²) in [7, 11) is 8.98. The van der Waals surface area contributed by atoms with Crippen molar-refractivity contribution in [3.8, 4) is 22.8 Å². The van der Waals surface area contributed by atoms with Crippen LogP contribution in [-0.4, -0.2) is 67.1 Å². The molecule has 0 aliphatic carbocycles. The zero-order valence-corrected chi connectivity index (χ0v) is 22.2. The van der Waals surface area contributed by atoms with Crippen LogP contribution in [0.25, 0.3) is 22.2 Å². The van der Waals surface area contributed by atoms with Crippen LogP contribution < -0.4 is 19.7 Å². The molecule has 0 bridgehead atoms. The number of likely N-dealkylation sites (N-methyl/N-ethyl adjacent to an activating group) is 2. The highest BCUT2D eigenvalue weighted by molar-refractivity contribution is 5.96. The molecule has 0 saturated carbocycles. The smallest absolute Gasteiger partial charge is 0.497 e. The molecule has 4 aromatic rings. The number of aryl methyl sites for hydroxylation is 1. The zero-order valence-electron chi connectivity index (χ0n) is 22.2. The molecule has 0 unspecified atom stereocenters. The molecule has 0 aliphatic heterocycles. The van der Waals surface area contributed by atoms with Crippen LogP contribution in [-0.2, 0) is 7.05 Å². The molecule has 10 nitrogen and oxygen atoms in total. The molecular weight excluding hydrogens is 513 g/mol. The standard InChI is InChI=1S/C26H29F3N8O2/c1-35(2)10-11-36(3)23-14-24(39-26(27,28)29)21(13-20(23)34-30)33-25-31-9-8-19(32-25)18-15-37(4)22-12-16(38-5)6-7-17(18)22/h6-9,12-15,30H,10-11H2,1-5H3,(H,31,32,33). The first kappa shape index (κ1) is 27.6. The van der Waals surface area contributed by atoms with E-state index in [2.05, 4.69) is 25.1 Å². The van der Waals surface area contributed by atoms with Crippen LogP contribution >= 0.6 is 0 Å². The fourth-order valence-corrected chi connectivity index (χ4v) is 4.11. The van der Waals surface area contributed by atoms with Gasteiger partial charge in [0.1, 0.15) is 11.4 Å². The Kier molecular flexibility index (Phi) is 7.90. The van der Waals surface area contributed by atoms with Crippen molar-refractivity contribution in [2.24, 2.45) is 12.2 Å². The molecule has 0 amide bonds. The Labute approximate surface area is 223 Å². The van der Waals surface area contributed by atoms with Crippen molar-refractivity contribution < 1.29 is 22.6 Å². The molecule has 0 radical (unpaired) electrons. The van der Waals surface area contributed by atoms with Crippen molar-refractivity contribution in [1.82, 2.24) is 19.4 Å². The van der Waals surface area contributed by atoms with Crippen molar-refractivity contribution in [2.45, 2.75) is 6.36 Å². The topological polar surface area (TPSA) is 104 Å². The zero-order chi connectivity index (χ0) is 28.3. The van der Waals surface area contributed by atoms with E-state index in [-0.39, 0.29) is 17.3 Å². The lowest BCUT2D eigenvalue weighted by Gasteiger charge is -2.24. The Balaban J connectivity index is 1.73. The summed E-state index contributed by atoms with van der Waals surface area (Å²) >= 11 is 0. The Morgan fingerprint density at radius 2 is 1.87 bits per heavy atom. The van der Waals surface area contributed by atoms with Crippen LogP contribution in [0, 0.1) is 5.53 Å². The molecule has 39 heavy (non-hydrogen) atoms. The lowest BCUT2D eigenvalue weighted by molar-refractivity contribution is -0.274. The Bertz CT molecular complexity index is 1490. The number of fused-ring (bicyclic) bond motifs is 1. The van der Waals surface area contributed by atoms with Crippen LogP contribution in [0.4, 0.5) is 36.2 Å². The Hall–Kier alpha value is -4.39. The number of anilines is 3. The van der Waals surface area contributed by atoms with E-state index in [1.807, 2.05) is 55.0 Å². The summed E-state index contributed by atoms with van der Waals surface area (Å²) in [5.41, 5.74) is 10.3. The average molecular weight is 543 g/mol. The van der Waals surface area contributed by atoms with Gasteiger partial charge in [-0.25, -0.2) is 15.5 Å². The van der Waals surface area contributed by atoms with Crippen molar-refractivity contribution >= 4 is 33.9 Å². The molecule has 2 N–H and O–H groups in total. The number of nitrogens with zero attached hydrogens (tertiary/aromatic N) is 6. The fourth-order valence-electron chi connectivity index (χ4n) is 4.11. The van der Waals surface area contributed by atoms with Crippen molar-refractivity contribution in [2.75, 3.05) is 51.6 Å². The molecule has 2 aromatic carbocycles. The van der Waals surface area contributed by atoms with Crippen molar-refractivity contribution in [3.63, 3.8) is 0 Å². The van der Waals surface area contributed by atoms with Gasteiger partial charge in [-0.2, -0.15) is 5.11 Å². The second-order valence-corrected chi connectivity index (χ2v) is 9.15. The van der Waals surface area contributed by atoms with Gasteiger partial charge in [0, 0.05) is 62.7 Å². The molecule has 0 spiro atoms. The van der Waals surface area contributed by atoms with Crippen molar-refractivity contribution in [1.29, 1.82) is 5.53 Å². The first-order chi connectivity index (χ1) is 18.5. The highest BCUT2D eigenvalue weighted by atomic mass is 19.4. The number of ether oxygens (including phenoxy) is 2.